The first-order valence-corrected chi connectivity index (χ1v) is 7.71. The third-order valence-electron chi connectivity index (χ3n) is 4.22. The highest BCUT2D eigenvalue weighted by Gasteiger charge is 2.47. The number of aromatic hydroxyl groups is 1. The van der Waals surface area contributed by atoms with Gasteiger partial charge in [-0.1, -0.05) is 0 Å². The minimum atomic E-state index is -1.75. The van der Waals surface area contributed by atoms with Gasteiger partial charge in [0.05, 0.1) is 6.61 Å². The molecule has 1 aliphatic heterocycles. The zero-order valence-corrected chi connectivity index (χ0v) is 13.1. The molecule has 0 aliphatic carbocycles. The lowest BCUT2D eigenvalue weighted by Gasteiger charge is -2.38. The van der Waals surface area contributed by atoms with E-state index in [0.717, 1.165) is 16.5 Å². The molecule has 1 aromatic heterocycles. The van der Waals surface area contributed by atoms with Gasteiger partial charge in [0.15, 0.2) is 12.4 Å². The van der Waals surface area contributed by atoms with Crippen LogP contribution in [0.4, 0.5) is 0 Å². The lowest BCUT2D eigenvalue weighted by Crippen LogP contribution is -2.60. The summed E-state index contributed by atoms with van der Waals surface area (Å²) in [4.78, 5) is 14.1. The molecule has 2 aromatic rings. The van der Waals surface area contributed by atoms with Gasteiger partial charge in [-0.15, -0.1) is 0 Å². The number of benzene rings is 1. The number of fused-ring (bicyclic) bond motifs is 1. The number of aliphatic carboxylic acids is 1. The number of H-pyrrole nitrogens is 1. The number of aliphatic hydroxyl groups is 3. The molecule has 1 fully saturated rings. The summed E-state index contributed by atoms with van der Waals surface area (Å²) >= 11 is 0. The average molecular weight is 353 g/mol. The first-order chi connectivity index (χ1) is 11.9. The van der Waals surface area contributed by atoms with Crippen molar-refractivity contribution in [1.29, 1.82) is 0 Å². The van der Waals surface area contributed by atoms with Crippen LogP contribution < -0.4 is 0 Å². The van der Waals surface area contributed by atoms with Crippen molar-refractivity contribution in [3.05, 3.63) is 30.0 Å². The summed E-state index contributed by atoms with van der Waals surface area (Å²) in [7, 11) is 0. The number of hydrogen-bond donors (Lipinski definition) is 6. The Bertz CT molecular complexity index is 760. The summed E-state index contributed by atoms with van der Waals surface area (Å²) in [6, 6.07) is 4.90. The Kier molecular flexibility index (Phi) is 4.93. The van der Waals surface area contributed by atoms with Crippen LogP contribution in [-0.4, -0.2) is 73.8 Å². The Morgan fingerprint density at radius 1 is 1.20 bits per heavy atom. The van der Waals surface area contributed by atoms with E-state index in [4.69, 9.17) is 14.6 Å². The number of nitrogens with one attached hydrogen (secondary N) is 1. The van der Waals surface area contributed by atoms with Gasteiger partial charge in [-0.25, -0.2) is 4.79 Å². The van der Waals surface area contributed by atoms with E-state index >= 15 is 0 Å². The second kappa shape index (κ2) is 6.98. The van der Waals surface area contributed by atoms with Crippen molar-refractivity contribution in [2.75, 3.05) is 6.61 Å². The lowest BCUT2D eigenvalue weighted by molar-refractivity contribution is -0.293. The van der Waals surface area contributed by atoms with Crippen LogP contribution in [-0.2, 0) is 20.7 Å². The van der Waals surface area contributed by atoms with Crippen molar-refractivity contribution >= 4 is 16.9 Å². The number of aliphatic hydroxyl groups excluding tert-OH is 3. The van der Waals surface area contributed by atoms with Gasteiger partial charge >= 0.3 is 5.97 Å². The molecule has 9 heteroatoms. The molecule has 25 heavy (non-hydrogen) atoms. The molecule has 0 radical (unpaired) electrons. The molecule has 5 atom stereocenters. The number of rotatable bonds is 5. The van der Waals surface area contributed by atoms with Gasteiger partial charge in [0.1, 0.15) is 24.1 Å². The lowest BCUT2D eigenvalue weighted by atomic mass is 9.99. The summed E-state index contributed by atoms with van der Waals surface area (Å²) < 4.78 is 10.4. The highest BCUT2D eigenvalue weighted by molar-refractivity contribution is 5.84. The first kappa shape index (κ1) is 17.6. The molecule has 1 aromatic carbocycles. The average Bonchev–Trinajstić information content (AvgIpc) is 2.96. The van der Waals surface area contributed by atoms with Crippen molar-refractivity contribution in [3.63, 3.8) is 0 Å². The standard InChI is InChI=1S/C16H19NO8/c18-8-1-2-10-9(5-8)7(6-17-10)3-4-24-16-13(21)11(19)12(20)14(25-16)15(22)23/h1-2,5-6,11-14,16-21H,3-4H2,(H,22,23)/t11-,12-,13+,14-,16+/m0/s1. The van der Waals surface area contributed by atoms with Crippen LogP contribution in [0.1, 0.15) is 5.56 Å². The molecule has 9 nitrogen and oxygen atoms in total. The van der Waals surface area contributed by atoms with Gasteiger partial charge in [0, 0.05) is 17.1 Å². The second-order valence-electron chi connectivity index (χ2n) is 5.90. The molecule has 0 amide bonds. The van der Waals surface area contributed by atoms with Crippen LogP contribution in [0.3, 0.4) is 0 Å². The van der Waals surface area contributed by atoms with Crippen molar-refractivity contribution in [1.82, 2.24) is 4.98 Å². The van der Waals surface area contributed by atoms with Crippen LogP contribution in [0.15, 0.2) is 24.4 Å². The quantitative estimate of drug-likeness (QED) is 0.414. The van der Waals surface area contributed by atoms with Gasteiger partial charge in [0.25, 0.3) is 0 Å². The number of phenols is 1. The maximum Gasteiger partial charge on any atom is 0.335 e. The molecular weight excluding hydrogens is 334 g/mol. The van der Waals surface area contributed by atoms with E-state index in [-0.39, 0.29) is 12.4 Å². The van der Waals surface area contributed by atoms with Crippen molar-refractivity contribution in [2.24, 2.45) is 0 Å². The Hall–Kier alpha value is -2.17. The van der Waals surface area contributed by atoms with Gasteiger partial charge in [-0.05, 0) is 30.2 Å². The molecule has 3 rings (SSSR count). The summed E-state index contributed by atoms with van der Waals surface area (Å²) in [5, 5.41) is 48.6. The minimum Gasteiger partial charge on any atom is -0.508 e. The zero-order chi connectivity index (χ0) is 18.1. The predicted octanol–water partition coefficient (Wildman–Crippen LogP) is -0.675. The predicted molar refractivity (Wildman–Crippen MR) is 83.9 cm³/mol. The molecule has 0 unspecified atom stereocenters. The fraction of sp³-hybridized carbons (Fsp3) is 0.438. The maximum atomic E-state index is 11.0. The molecule has 2 heterocycles. The highest BCUT2D eigenvalue weighted by Crippen LogP contribution is 2.25. The monoisotopic (exact) mass is 353 g/mol. The fourth-order valence-corrected chi connectivity index (χ4v) is 2.85. The summed E-state index contributed by atoms with van der Waals surface area (Å²) in [6.45, 7) is 0.0689. The van der Waals surface area contributed by atoms with Gasteiger partial charge in [-0.3, -0.25) is 0 Å². The Labute approximate surface area is 142 Å². The topological polar surface area (TPSA) is 152 Å². The van der Waals surface area contributed by atoms with Crippen molar-refractivity contribution in [3.8, 4) is 5.75 Å². The van der Waals surface area contributed by atoms with E-state index in [1.807, 2.05) is 0 Å². The van der Waals surface area contributed by atoms with Gasteiger partial charge < -0.3 is 40.0 Å². The van der Waals surface area contributed by atoms with E-state index in [1.165, 1.54) is 0 Å². The molecule has 1 aliphatic rings. The minimum absolute atomic E-state index is 0.0689. The third kappa shape index (κ3) is 3.46. The number of phenolic OH excluding ortho intramolecular Hbond substituents is 1. The molecule has 0 spiro atoms. The Morgan fingerprint density at radius 3 is 2.68 bits per heavy atom. The van der Waals surface area contributed by atoms with Crippen LogP contribution >= 0.6 is 0 Å². The number of ether oxygens (including phenoxy) is 2. The SMILES string of the molecule is O=C(O)[C@H]1O[C@@H](OCCc2c[nH]c3ccc(O)cc23)[C@H](O)[C@@H](O)[C@@H]1O. The van der Waals surface area contributed by atoms with E-state index in [9.17, 15) is 25.2 Å². The smallest absolute Gasteiger partial charge is 0.335 e. The summed E-state index contributed by atoms with van der Waals surface area (Å²) in [6.07, 6.45) is -5.92. The number of carboxylic acids is 1. The van der Waals surface area contributed by atoms with E-state index in [0.29, 0.717) is 6.42 Å². The first-order valence-electron chi connectivity index (χ1n) is 7.71. The number of hydrogen-bond acceptors (Lipinski definition) is 7. The molecule has 0 bridgehead atoms. The number of carbonyl (C=O) groups is 1. The van der Waals surface area contributed by atoms with Crippen LogP contribution in [0.25, 0.3) is 10.9 Å². The normalized spacial score (nSPS) is 29.8. The zero-order valence-electron chi connectivity index (χ0n) is 13.1. The van der Waals surface area contributed by atoms with Crippen LogP contribution in [0.2, 0.25) is 0 Å². The molecule has 0 saturated carbocycles. The number of aromatic amines is 1. The second-order valence-corrected chi connectivity index (χ2v) is 5.90. The molecule has 6 N–H and O–H groups in total. The number of carboxylic acid groups (broad SMARTS) is 1. The Morgan fingerprint density at radius 2 is 1.96 bits per heavy atom. The van der Waals surface area contributed by atoms with Gasteiger partial charge in [-0.2, -0.15) is 0 Å². The largest absolute Gasteiger partial charge is 0.508 e. The van der Waals surface area contributed by atoms with E-state index < -0.39 is 36.7 Å². The van der Waals surface area contributed by atoms with E-state index in [1.54, 1.807) is 24.4 Å². The highest BCUT2D eigenvalue weighted by atomic mass is 16.7. The maximum absolute atomic E-state index is 11.0. The van der Waals surface area contributed by atoms with Gasteiger partial charge in [0.2, 0.25) is 0 Å². The molecule has 1 saturated heterocycles. The summed E-state index contributed by atoms with van der Waals surface area (Å²) in [5.41, 5.74) is 1.69. The number of aromatic nitrogens is 1. The van der Waals surface area contributed by atoms with Crippen molar-refractivity contribution < 1.29 is 39.8 Å². The Balaban J connectivity index is 1.64. The van der Waals surface area contributed by atoms with E-state index in [2.05, 4.69) is 4.98 Å². The molecular formula is C16H19NO8. The van der Waals surface area contributed by atoms with Crippen LogP contribution in [0, 0.1) is 0 Å². The third-order valence-corrected chi connectivity index (χ3v) is 4.22. The van der Waals surface area contributed by atoms with Crippen LogP contribution in [0.5, 0.6) is 5.75 Å². The fourth-order valence-electron chi connectivity index (χ4n) is 2.85. The van der Waals surface area contributed by atoms with Crippen molar-refractivity contribution in [2.45, 2.75) is 37.1 Å². The summed E-state index contributed by atoms with van der Waals surface area (Å²) in [5.74, 6) is -1.33. The molecule has 136 valence electrons.